The Kier molecular flexibility index (Phi) is 5.83. The lowest BCUT2D eigenvalue weighted by Crippen LogP contribution is -2.41. The van der Waals surface area contributed by atoms with Crippen LogP contribution < -0.4 is 10.6 Å². The van der Waals surface area contributed by atoms with Crippen molar-refractivity contribution in [2.75, 3.05) is 12.4 Å². The van der Waals surface area contributed by atoms with E-state index in [4.69, 9.17) is 0 Å². The van der Waals surface area contributed by atoms with Crippen LogP contribution in [0.5, 0.6) is 0 Å². The number of methoxy groups -OCH3 is 1. The second kappa shape index (κ2) is 7.37. The third-order valence-electron chi connectivity index (χ3n) is 2.71. The zero-order valence-electron chi connectivity index (χ0n) is 12.0. The van der Waals surface area contributed by atoms with E-state index in [0.717, 1.165) is 6.07 Å². The standard InChI is InChI=1S/C14H17FN2O4/c1-8-4-5-10(7-11(8)15)17-14(20)13(19)16-9(2)6-12(18)21-3/h4-5,7,9H,6H2,1-3H3,(H,16,19)(H,17,20)/t9-/m1/s1. The average Bonchev–Trinajstić information content (AvgIpc) is 2.42. The second-order valence-corrected chi connectivity index (χ2v) is 4.57. The number of hydrogen-bond donors (Lipinski definition) is 2. The molecule has 2 N–H and O–H groups in total. The highest BCUT2D eigenvalue weighted by Gasteiger charge is 2.18. The third-order valence-corrected chi connectivity index (χ3v) is 2.71. The summed E-state index contributed by atoms with van der Waals surface area (Å²) in [5, 5.41) is 4.62. The van der Waals surface area contributed by atoms with Crippen LogP contribution >= 0.6 is 0 Å². The molecule has 0 saturated carbocycles. The van der Waals surface area contributed by atoms with E-state index in [9.17, 15) is 18.8 Å². The number of ether oxygens (including phenoxy) is 1. The van der Waals surface area contributed by atoms with Crippen LogP contribution in [0.15, 0.2) is 18.2 Å². The Morgan fingerprint density at radius 2 is 1.95 bits per heavy atom. The van der Waals surface area contributed by atoms with Crippen molar-refractivity contribution >= 4 is 23.5 Å². The molecule has 0 radical (unpaired) electrons. The highest BCUT2D eigenvalue weighted by atomic mass is 19.1. The molecule has 7 heteroatoms. The number of halogens is 1. The number of hydrogen-bond acceptors (Lipinski definition) is 4. The normalized spacial score (nSPS) is 11.4. The van der Waals surface area contributed by atoms with Crippen molar-refractivity contribution in [1.82, 2.24) is 5.32 Å². The maximum atomic E-state index is 13.3. The number of aryl methyl sites for hydroxylation is 1. The monoisotopic (exact) mass is 296 g/mol. The Morgan fingerprint density at radius 1 is 1.29 bits per heavy atom. The molecular weight excluding hydrogens is 279 g/mol. The van der Waals surface area contributed by atoms with Gasteiger partial charge in [0.25, 0.3) is 0 Å². The molecule has 0 spiro atoms. The first-order valence-corrected chi connectivity index (χ1v) is 6.28. The molecule has 0 fully saturated rings. The second-order valence-electron chi connectivity index (χ2n) is 4.57. The van der Waals surface area contributed by atoms with E-state index in [-0.39, 0.29) is 12.1 Å². The van der Waals surface area contributed by atoms with Crippen molar-refractivity contribution < 1.29 is 23.5 Å². The molecule has 114 valence electrons. The Bertz CT molecular complexity index is 560. The summed E-state index contributed by atoms with van der Waals surface area (Å²) in [6.45, 7) is 3.15. The van der Waals surface area contributed by atoms with Crippen molar-refractivity contribution in [2.24, 2.45) is 0 Å². The lowest BCUT2D eigenvalue weighted by Gasteiger charge is -2.12. The summed E-state index contributed by atoms with van der Waals surface area (Å²) < 4.78 is 17.8. The van der Waals surface area contributed by atoms with Gasteiger partial charge in [-0.2, -0.15) is 0 Å². The van der Waals surface area contributed by atoms with Crippen LogP contribution in [0.4, 0.5) is 10.1 Å². The molecule has 0 unspecified atom stereocenters. The highest BCUT2D eigenvalue weighted by Crippen LogP contribution is 2.13. The van der Waals surface area contributed by atoms with Gasteiger partial charge in [-0.1, -0.05) is 6.07 Å². The summed E-state index contributed by atoms with van der Waals surface area (Å²) in [5.41, 5.74) is 0.614. The quantitative estimate of drug-likeness (QED) is 0.644. The topological polar surface area (TPSA) is 84.5 Å². The molecule has 21 heavy (non-hydrogen) atoms. The Labute approximate surface area is 121 Å². The Balaban J connectivity index is 2.56. The van der Waals surface area contributed by atoms with E-state index < -0.39 is 29.6 Å². The predicted octanol–water partition coefficient (Wildman–Crippen LogP) is 1.14. The minimum absolute atomic E-state index is 0.0469. The maximum Gasteiger partial charge on any atom is 0.313 e. The lowest BCUT2D eigenvalue weighted by molar-refractivity contribution is -0.142. The van der Waals surface area contributed by atoms with Crippen molar-refractivity contribution in [3.05, 3.63) is 29.6 Å². The zero-order chi connectivity index (χ0) is 16.0. The number of amides is 2. The van der Waals surface area contributed by atoms with Gasteiger partial charge in [0.05, 0.1) is 13.5 Å². The van der Waals surface area contributed by atoms with Crippen molar-refractivity contribution in [2.45, 2.75) is 26.3 Å². The van der Waals surface area contributed by atoms with Crippen LogP contribution in [-0.2, 0) is 19.1 Å². The molecular formula is C14H17FN2O4. The minimum Gasteiger partial charge on any atom is -0.469 e. The van der Waals surface area contributed by atoms with Gasteiger partial charge < -0.3 is 15.4 Å². The molecule has 0 aliphatic rings. The molecule has 6 nitrogen and oxygen atoms in total. The fraction of sp³-hybridized carbons (Fsp3) is 0.357. The summed E-state index contributed by atoms with van der Waals surface area (Å²) in [6.07, 6.45) is -0.0469. The molecule has 0 bridgehead atoms. The number of esters is 1. The first-order valence-electron chi connectivity index (χ1n) is 6.28. The van der Waals surface area contributed by atoms with Crippen LogP contribution in [0.3, 0.4) is 0 Å². The van der Waals surface area contributed by atoms with Gasteiger partial charge in [0.1, 0.15) is 5.82 Å². The summed E-state index contributed by atoms with van der Waals surface area (Å²) >= 11 is 0. The Hall–Kier alpha value is -2.44. The van der Waals surface area contributed by atoms with E-state index >= 15 is 0 Å². The summed E-state index contributed by atoms with van der Waals surface area (Å²) in [4.78, 5) is 34.3. The van der Waals surface area contributed by atoms with Crippen LogP contribution in [-0.4, -0.2) is 30.9 Å². The smallest absolute Gasteiger partial charge is 0.313 e. The van der Waals surface area contributed by atoms with Crippen LogP contribution in [0.2, 0.25) is 0 Å². The van der Waals surface area contributed by atoms with Crippen LogP contribution in [0.1, 0.15) is 18.9 Å². The fourth-order valence-electron chi connectivity index (χ4n) is 1.53. The average molecular weight is 296 g/mol. The maximum absolute atomic E-state index is 13.3. The van der Waals surface area contributed by atoms with E-state index in [1.54, 1.807) is 13.8 Å². The molecule has 0 aliphatic carbocycles. The SMILES string of the molecule is COC(=O)C[C@@H](C)NC(=O)C(=O)Nc1ccc(C)c(F)c1. The molecule has 0 heterocycles. The van der Waals surface area contributed by atoms with Gasteiger partial charge in [-0.25, -0.2) is 4.39 Å². The molecule has 1 atom stereocenters. The van der Waals surface area contributed by atoms with Gasteiger partial charge in [-0.3, -0.25) is 14.4 Å². The van der Waals surface area contributed by atoms with Crippen LogP contribution in [0.25, 0.3) is 0 Å². The van der Waals surface area contributed by atoms with Gasteiger partial charge in [-0.05, 0) is 31.5 Å². The van der Waals surface area contributed by atoms with Crippen molar-refractivity contribution in [1.29, 1.82) is 0 Å². The molecule has 0 saturated heterocycles. The lowest BCUT2D eigenvalue weighted by atomic mass is 10.2. The minimum atomic E-state index is -0.935. The molecule has 1 aromatic rings. The first-order chi connectivity index (χ1) is 9.83. The van der Waals surface area contributed by atoms with Crippen LogP contribution in [0, 0.1) is 12.7 Å². The van der Waals surface area contributed by atoms with E-state index in [1.165, 1.54) is 19.2 Å². The summed E-state index contributed by atoms with van der Waals surface area (Å²) in [6, 6.07) is 3.55. The van der Waals surface area contributed by atoms with E-state index in [2.05, 4.69) is 15.4 Å². The third kappa shape index (κ3) is 5.21. The van der Waals surface area contributed by atoms with Gasteiger partial charge >= 0.3 is 17.8 Å². The largest absolute Gasteiger partial charge is 0.469 e. The number of carbonyl (C=O) groups excluding carboxylic acids is 3. The molecule has 0 aromatic heterocycles. The predicted molar refractivity (Wildman–Crippen MR) is 74.0 cm³/mol. The van der Waals surface area contributed by atoms with Gasteiger partial charge in [0, 0.05) is 11.7 Å². The number of anilines is 1. The number of nitrogens with one attached hydrogen (secondary N) is 2. The summed E-state index contributed by atoms with van der Waals surface area (Å²) in [5.74, 6) is -2.82. The zero-order valence-corrected chi connectivity index (χ0v) is 12.0. The first kappa shape index (κ1) is 16.6. The number of rotatable bonds is 4. The van der Waals surface area contributed by atoms with Gasteiger partial charge in [0.2, 0.25) is 0 Å². The number of benzene rings is 1. The summed E-state index contributed by atoms with van der Waals surface area (Å²) in [7, 11) is 1.23. The molecule has 1 rings (SSSR count). The van der Waals surface area contributed by atoms with Gasteiger partial charge in [0.15, 0.2) is 0 Å². The molecule has 1 aromatic carbocycles. The molecule has 0 aliphatic heterocycles. The number of carbonyl (C=O) groups is 3. The van der Waals surface area contributed by atoms with E-state index in [0.29, 0.717) is 5.56 Å². The molecule has 2 amide bonds. The van der Waals surface area contributed by atoms with E-state index in [1.807, 2.05) is 0 Å². The van der Waals surface area contributed by atoms with Crippen molar-refractivity contribution in [3.8, 4) is 0 Å². The van der Waals surface area contributed by atoms with Crippen molar-refractivity contribution in [3.63, 3.8) is 0 Å². The van der Waals surface area contributed by atoms with Gasteiger partial charge in [-0.15, -0.1) is 0 Å². The fourth-order valence-corrected chi connectivity index (χ4v) is 1.53. The highest BCUT2D eigenvalue weighted by molar-refractivity contribution is 6.39. The Morgan fingerprint density at radius 3 is 2.52 bits per heavy atom.